The van der Waals surface area contributed by atoms with Crippen LogP contribution in [0.25, 0.3) is 10.3 Å². The highest BCUT2D eigenvalue weighted by molar-refractivity contribution is 7.21. The van der Waals surface area contributed by atoms with Crippen LogP contribution in [0.2, 0.25) is 0 Å². The summed E-state index contributed by atoms with van der Waals surface area (Å²) >= 11 is 1.55. The summed E-state index contributed by atoms with van der Waals surface area (Å²) in [6, 6.07) is 16.7. The number of aliphatic hydroxyl groups is 1. The van der Waals surface area contributed by atoms with Gasteiger partial charge in [-0.05, 0) is 56.2 Å². The molecule has 2 fully saturated rings. The summed E-state index contributed by atoms with van der Waals surface area (Å²) in [6.45, 7) is 2.15. The molecule has 36 heavy (non-hydrogen) atoms. The number of thiazole rings is 1. The first-order valence-electron chi connectivity index (χ1n) is 12.8. The van der Waals surface area contributed by atoms with Crippen LogP contribution in [0.4, 0.5) is 22.7 Å². The highest BCUT2D eigenvalue weighted by Crippen LogP contribution is 2.30. The van der Waals surface area contributed by atoms with E-state index in [2.05, 4.69) is 39.8 Å². The highest BCUT2D eigenvalue weighted by atomic mass is 32.1. The van der Waals surface area contributed by atoms with Gasteiger partial charge in [-0.1, -0.05) is 41.7 Å². The van der Waals surface area contributed by atoms with E-state index in [4.69, 9.17) is 19.9 Å². The van der Waals surface area contributed by atoms with Gasteiger partial charge in [0.2, 0.25) is 5.95 Å². The lowest BCUT2D eigenvalue weighted by molar-refractivity contribution is 0.126. The van der Waals surface area contributed by atoms with Crippen LogP contribution in [0.3, 0.4) is 0 Å². The molecule has 186 valence electrons. The van der Waals surface area contributed by atoms with Crippen molar-refractivity contribution in [2.75, 3.05) is 28.6 Å². The Balaban J connectivity index is 1.25. The Bertz CT molecular complexity index is 1310. The van der Waals surface area contributed by atoms with Crippen LogP contribution in [-0.4, -0.2) is 50.3 Å². The van der Waals surface area contributed by atoms with Crippen LogP contribution in [-0.2, 0) is 6.42 Å². The lowest BCUT2D eigenvalue weighted by Gasteiger charge is -2.26. The minimum atomic E-state index is -0.191. The van der Waals surface area contributed by atoms with Crippen LogP contribution in [0, 0.1) is 0 Å². The third kappa shape index (κ3) is 5.42. The topological polar surface area (TPSA) is 99.1 Å². The van der Waals surface area contributed by atoms with Crippen LogP contribution in [0.1, 0.15) is 49.8 Å². The van der Waals surface area contributed by atoms with Crippen molar-refractivity contribution in [3.05, 3.63) is 59.8 Å². The number of nitrogens with one attached hydrogen (secondary N) is 2. The molecule has 0 amide bonds. The second-order valence-corrected chi connectivity index (χ2v) is 10.7. The van der Waals surface area contributed by atoms with E-state index >= 15 is 0 Å². The van der Waals surface area contributed by atoms with Gasteiger partial charge in [-0.3, -0.25) is 0 Å². The van der Waals surface area contributed by atoms with Crippen molar-refractivity contribution >= 4 is 44.4 Å². The Morgan fingerprint density at radius 3 is 2.53 bits per heavy atom. The number of pyridine rings is 1. The number of aromatic nitrogens is 4. The van der Waals surface area contributed by atoms with Gasteiger partial charge in [-0.15, -0.1) is 0 Å². The number of rotatable bonds is 7. The van der Waals surface area contributed by atoms with E-state index in [1.165, 1.54) is 18.4 Å². The lowest BCUT2D eigenvalue weighted by Crippen LogP contribution is -2.29. The molecule has 6 rings (SSSR count). The molecular weight excluding hydrogens is 470 g/mol. The van der Waals surface area contributed by atoms with Gasteiger partial charge in [-0.25, -0.2) is 15.0 Å². The monoisotopic (exact) mass is 501 g/mol. The summed E-state index contributed by atoms with van der Waals surface area (Å²) in [6.07, 6.45) is 6.44. The number of nitrogens with zero attached hydrogens (tertiary/aromatic N) is 5. The van der Waals surface area contributed by atoms with Crippen molar-refractivity contribution < 1.29 is 5.11 Å². The second kappa shape index (κ2) is 10.4. The first-order valence-corrected chi connectivity index (χ1v) is 13.7. The van der Waals surface area contributed by atoms with Crippen LogP contribution in [0.15, 0.2) is 48.5 Å². The summed E-state index contributed by atoms with van der Waals surface area (Å²) in [5.74, 6) is 2.36. The van der Waals surface area contributed by atoms with E-state index in [-0.39, 0.29) is 12.1 Å². The summed E-state index contributed by atoms with van der Waals surface area (Å²) in [7, 11) is 0. The molecule has 3 N–H and O–H groups in total. The standard InChI is InChI=1S/C27H31N7OS/c35-21-10-8-19(9-11-21)28-26-29-20(16-18-6-2-1-3-7-18)17-23(31-26)32-27-30-22-12-13-24(33-25(22)36-27)34-14-4-5-15-34/h1-3,6-7,12-13,17,19,21,35H,4-5,8-11,14-16H2,(H2,28,29,30,31,32)/t19-,21-. The number of anilines is 4. The summed E-state index contributed by atoms with van der Waals surface area (Å²) in [5.41, 5.74) is 3.03. The fourth-order valence-corrected chi connectivity index (χ4v) is 5.86. The average molecular weight is 502 g/mol. The molecule has 4 aromatic rings. The van der Waals surface area contributed by atoms with E-state index in [1.54, 1.807) is 11.3 Å². The molecule has 2 aliphatic rings. The molecule has 9 heteroatoms. The van der Waals surface area contributed by atoms with Gasteiger partial charge >= 0.3 is 0 Å². The van der Waals surface area contributed by atoms with Gasteiger partial charge in [-0.2, -0.15) is 4.98 Å². The molecule has 0 unspecified atom stereocenters. The maximum Gasteiger partial charge on any atom is 0.225 e. The molecule has 1 saturated heterocycles. The third-order valence-corrected chi connectivity index (χ3v) is 7.82. The molecule has 1 aliphatic carbocycles. The van der Waals surface area contributed by atoms with Crippen molar-refractivity contribution in [1.82, 2.24) is 19.9 Å². The van der Waals surface area contributed by atoms with E-state index in [1.807, 2.05) is 24.3 Å². The first kappa shape index (κ1) is 23.1. The fourth-order valence-electron chi connectivity index (χ4n) is 5.02. The molecular formula is C27H31N7OS. The maximum absolute atomic E-state index is 9.87. The van der Waals surface area contributed by atoms with E-state index < -0.39 is 0 Å². The average Bonchev–Trinajstić information content (AvgIpc) is 3.55. The Hall–Kier alpha value is -3.30. The highest BCUT2D eigenvalue weighted by Gasteiger charge is 2.21. The van der Waals surface area contributed by atoms with E-state index in [0.29, 0.717) is 11.8 Å². The quantitative estimate of drug-likeness (QED) is 0.321. The number of fused-ring (bicyclic) bond motifs is 1. The Labute approximate surface area is 214 Å². The van der Waals surface area contributed by atoms with Gasteiger partial charge in [0.05, 0.1) is 11.8 Å². The predicted octanol–water partition coefficient (Wildman–Crippen LogP) is 5.13. The smallest absolute Gasteiger partial charge is 0.225 e. The largest absolute Gasteiger partial charge is 0.393 e. The molecule has 4 heterocycles. The molecule has 0 radical (unpaired) electrons. The zero-order valence-corrected chi connectivity index (χ0v) is 21.0. The minimum absolute atomic E-state index is 0.191. The number of hydrogen-bond donors (Lipinski definition) is 3. The summed E-state index contributed by atoms with van der Waals surface area (Å²) < 4.78 is 0. The van der Waals surface area contributed by atoms with Crippen molar-refractivity contribution in [1.29, 1.82) is 0 Å². The zero-order valence-electron chi connectivity index (χ0n) is 20.2. The summed E-state index contributed by atoms with van der Waals surface area (Å²) in [4.78, 5) is 22.5. The van der Waals surface area contributed by atoms with Gasteiger partial charge in [0.15, 0.2) is 5.13 Å². The number of aliphatic hydroxyl groups excluding tert-OH is 1. The minimum Gasteiger partial charge on any atom is -0.393 e. The SMILES string of the molecule is O[C@H]1CC[C@H](Nc2nc(Cc3ccccc3)cc(Nc3nc4ccc(N5CCCC5)nc4s3)n2)CC1. The predicted molar refractivity (Wildman–Crippen MR) is 145 cm³/mol. The molecule has 0 bridgehead atoms. The van der Waals surface area contributed by atoms with Crippen LogP contribution < -0.4 is 15.5 Å². The number of hydrogen-bond acceptors (Lipinski definition) is 9. The molecule has 0 spiro atoms. The maximum atomic E-state index is 9.87. The van der Waals surface area contributed by atoms with Gasteiger partial charge in [0, 0.05) is 31.6 Å². The molecule has 0 atom stereocenters. The molecule has 1 saturated carbocycles. The van der Waals surface area contributed by atoms with E-state index in [0.717, 1.165) is 72.2 Å². The number of benzene rings is 1. The zero-order chi connectivity index (χ0) is 24.3. The Morgan fingerprint density at radius 2 is 1.72 bits per heavy atom. The van der Waals surface area contributed by atoms with Gasteiger partial charge in [0.25, 0.3) is 0 Å². The van der Waals surface area contributed by atoms with Crippen LogP contribution in [0.5, 0.6) is 0 Å². The van der Waals surface area contributed by atoms with Gasteiger partial charge in [0.1, 0.15) is 22.0 Å². The van der Waals surface area contributed by atoms with Crippen molar-refractivity contribution in [2.45, 2.75) is 57.1 Å². The van der Waals surface area contributed by atoms with Crippen molar-refractivity contribution in [2.24, 2.45) is 0 Å². The van der Waals surface area contributed by atoms with Crippen molar-refractivity contribution in [3.8, 4) is 0 Å². The first-order chi connectivity index (χ1) is 17.7. The van der Waals surface area contributed by atoms with E-state index in [9.17, 15) is 5.11 Å². The molecule has 3 aromatic heterocycles. The third-order valence-electron chi connectivity index (χ3n) is 6.94. The van der Waals surface area contributed by atoms with Gasteiger partial charge < -0.3 is 20.6 Å². The normalized spacial score (nSPS) is 20.1. The summed E-state index contributed by atoms with van der Waals surface area (Å²) in [5, 5.41) is 17.6. The second-order valence-electron chi connectivity index (χ2n) is 9.71. The molecule has 1 aromatic carbocycles. The molecule has 8 nitrogen and oxygen atoms in total. The fraction of sp³-hybridized carbons (Fsp3) is 0.407. The van der Waals surface area contributed by atoms with Crippen LogP contribution >= 0.6 is 11.3 Å². The molecule has 1 aliphatic heterocycles. The Morgan fingerprint density at radius 1 is 0.917 bits per heavy atom. The Kier molecular flexibility index (Phi) is 6.65. The lowest BCUT2D eigenvalue weighted by atomic mass is 9.93. The van der Waals surface area contributed by atoms with Crippen molar-refractivity contribution in [3.63, 3.8) is 0 Å².